The summed E-state index contributed by atoms with van der Waals surface area (Å²) in [5.74, 6) is -0.862. The molecule has 4 nitrogen and oxygen atoms in total. The van der Waals surface area contributed by atoms with Crippen LogP contribution in [-0.4, -0.2) is 48.7 Å². The summed E-state index contributed by atoms with van der Waals surface area (Å²) in [6, 6.07) is 7.17. The molecule has 1 saturated heterocycles. The second kappa shape index (κ2) is 5.80. The zero-order valence-corrected chi connectivity index (χ0v) is 9.85. The first kappa shape index (κ1) is 12.1. The molecule has 0 unspecified atom stereocenters. The molecule has 0 amide bonds. The first-order valence-corrected chi connectivity index (χ1v) is 6.01. The fraction of sp³-hybridized carbons (Fsp3) is 0.462. The van der Waals surface area contributed by atoms with Crippen molar-refractivity contribution in [2.24, 2.45) is 0 Å². The molecule has 1 fully saturated rings. The maximum atomic E-state index is 10.7. The first-order chi connectivity index (χ1) is 8.25. The summed E-state index contributed by atoms with van der Waals surface area (Å²) in [5.41, 5.74) is 1.56. The molecule has 1 heterocycles. The molecular weight excluding hydrogens is 216 g/mol. The molecule has 2 N–H and O–H groups in total. The van der Waals surface area contributed by atoms with Crippen molar-refractivity contribution >= 4 is 5.97 Å². The van der Waals surface area contributed by atoms with Crippen molar-refractivity contribution in [2.45, 2.75) is 6.42 Å². The highest BCUT2D eigenvalue weighted by molar-refractivity contribution is 5.87. The number of carboxylic acids is 1. The number of nitrogens with zero attached hydrogens (tertiary/aromatic N) is 1. The average molecular weight is 234 g/mol. The maximum absolute atomic E-state index is 10.7. The molecule has 1 aliphatic heterocycles. The Morgan fingerprint density at radius 1 is 1.24 bits per heavy atom. The lowest BCUT2D eigenvalue weighted by molar-refractivity contribution is 0.0697. The van der Waals surface area contributed by atoms with Crippen molar-refractivity contribution < 1.29 is 9.90 Å². The van der Waals surface area contributed by atoms with Crippen LogP contribution in [-0.2, 0) is 6.42 Å². The van der Waals surface area contributed by atoms with Gasteiger partial charge < -0.3 is 15.3 Å². The lowest BCUT2D eigenvalue weighted by Crippen LogP contribution is -2.44. The molecule has 4 heteroatoms. The van der Waals surface area contributed by atoms with Gasteiger partial charge in [-0.15, -0.1) is 0 Å². The molecule has 1 aromatic rings. The normalized spacial score (nSPS) is 16.9. The standard InChI is InChI=1S/C13H18N2O2/c16-13(17)12-3-1-11(2-4-12)5-8-15-9-6-14-7-10-15/h1-4,14H,5-10H2,(H,16,17). The molecule has 92 valence electrons. The van der Waals surface area contributed by atoms with E-state index < -0.39 is 5.97 Å². The number of carboxylic acid groups (broad SMARTS) is 1. The van der Waals surface area contributed by atoms with Crippen LogP contribution < -0.4 is 5.32 Å². The van der Waals surface area contributed by atoms with Gasteiger partial charge in [-0.05, 0) is 24.1 Å². The van der Waals surface area contributed by atoms with Crippen LogP contribution in [0.4, 0.5) is 0 Å². The summed E-state index contributed by atoms with van der Waals surface area (Å²) >= 11 is 0. The van der Waals surface area contributed by atoms with Crippen LogP contribution in [0, 0.1) is 0 Å². The fourth-order valence-corrected chi connectivity index (χ4v) is 2.04. The van der Waals surface area contributed by atoms with E-state index in [1.54, 1.807) is 12.1 Å². The average Bonchev–Trinajstić information content (AvgIpc) is 2.38. The summed E-state index contributed by atoms with van der Waals surface area (Å²) < 4.78 is 0. The quantitative estimate of drug-likeness (QED) is 0.810. The predicted molar refractivity (Wildman–Crippen MR) is 66.4 cm³/mol. The SMILES string of the molecule is O=C(O)c1ccc(CCN2CCNCC2)cc1. The Balaban J connectivity index is 1.84. The van der Waals surface area contributed by atoms with Gasteiger partial charge in [0.15, 0.2) is 0 Å². The van der Waals surface area contributed by atoms with E-state index in [0.29, 0.717) is 5.56 Å². The predicted octanol–water partition coefficient (Wildman–Crippen LogP) is 0.832. The third-order valence-electron chi connectivity index (χ3n) is 3.13. The number of hydrogen-bond acceptors (Lipinski definition) is 3. The highest BCUT2D eigenvalue weighted by atomic mass is 16.4. The Labute approximate surface area is 101 Å². The molecule has 0 atom stereocenters. The number of aromatic carboxylic acids is 1. The smallest absolute Gasteiger partial charge is 0.335 e. The minimum Gasteiger partial charge on any atom is -0.478 e. The summed E-state index contributed by atoms with van der Waals surface area (Å²) in [4.78, 5) is 13.1. The van der Waals surface area contributed by atoms with E-state index >= 15 is 0 Å². The largest absolute Gasteiger partial charge is 0.478 e. The Kier molecular flexibility index (Phi) is 4.12. The van der Waals surface area contributed by atoms with E-state index in [2.05, 4.69) is 10.2 Å². The van der Waals surface area contributed by atoms with E-state index in [0.717, 1.165) is 39.1 Å². The molecule has 0 spiro atoms. The number of piperazine rings is 1. The van der Waals surface area contributed by atoms with Gasteiger partial charge in [0.25, 0.3) is 0 Å². The van der Waals surface area contributed by atoms with Crippen molar-refractivity contribution in [3.63, 3.8) is 0 Å². The Bertz CT molecular complexity index is 370. The molecule has 1 aromatic carbocycles. The van der Waals surface area contributed by atoms with Gasteiger partial charge in [-0.3, -0.25) is 0 Å². The summed E-state index contributed by atoms with van der Waals surface area (Å²) in [6.45, 7) is 5.39. The second-order valence-electron chi connectivity index (χ2n) is 4.34. The second-order valence-corrected chi connectivity index (χ2v) is 4.34. The molecule has 2 rings (SSSR count). The molecule has 0 radical (unpaired) electrons. The number of benzene rings is 1. The third kappa shape index (κ3) is 3.54. The molecule has 1 aliphatic rings. The van der Waals surface area contributed by atoms with Crippen LogP contribution in [0.25, 0.3) is 0 Å². The zero-order chi connectivity index (χ0) is 12.1. The van der Waals surface area contributed by atoms with Crippen LogP contribution in [0.15, 0.2) is 24.3 Å². The van der Waals surface area contributed by atoms with E-state index in [1.165, 1.54) is 5.56 Å². The number of hydrogen-bond donors (Lipinski definition) is 2. The molecular formula is C13H18N2O2. The summed E-state index contributed by atoms with van der Waals surface area (Å²) in [5, 5.41) is 12.1. The van der Waals surface area contributed by atoms with E-state index in [1.807, 2.05) is 12.1 Å². The fourth-order valence-electron chi connectivity index (χ4n) is 2.04. The minimum absolute atomic E-state index is 0.357. The van der Waals surface area contributed by atoms with Crippen LogP contribution in [0.5, 0.6) is 0 Å². The van der Waals surface area contributed by atoms with Crippen LogP contribution in [0.1, 0.15) is 15.9 Å². The van der Waals surface area contributed by atoms with E-state index in [-0.39, 0.29) is 0 Å². The van der Waals surface area contributed by atoms with Gasteiger partial charge in [-0.25, -0.2) is 4.79 Å². The van der Waals surface area contributed by atoms with Crippen LogP contribution in [0.2, 0.25) is 0 Å². The van der Waals surface area contributed by atoms with Gasteiger partial charge in [0.05, 0.1) is 5.56 Å². The van der Waals surface area contributed by atoms with Crippen LogP contribution >= 0.6 is 0 Å². The van der Waals surface area contributed by atoms with Crippen molar-refractivity contribution in [3.8, 4) is 0 Å². The Hall–Kier alpha value is -1.39. The summed E-state index contributed by atoms with van der Waals surface area (Å²) in [6.07, 6.45) is 0.986. The molecule has 0 aromatic heterocycles. The van der Waals surface area contributed by atoms with Gasteiger partial charge in [0.1, 0.15) is 0 Å². The molecule has 0 aliphatic carbocycles. The number of carbonyl (C=O) groups is 1. The first-order valence-electron chi connectivity index (χ1n) is 6.01. The van der Waals surface area contributed by atoms with Gasteiger partial charge >= 0.3 is 5.97 Å². The zero-order valence-electron chi connectivity index (χ0n) is 9.85. The molecule has 0 bridgehead atoms. The van der Waals surface area contributed by atoms with Crippen molar-refractivity contribution in [1.82, 2.24) is 10.2 Å². The lowest BCUT2D eigenvalue weighted by Gasteiger charge is -2.27. The minimum atomic E-state index is -0.862. The van der Waals surface area contributed by atoms with Gasteiger partial charge in [0.2, 0.25) is 0 Å². The van der Waals surface area contributed by atoms with Crippen molar-refractivity contribution in [1.29, 1.82) is 0 Å². The summed E-state index contributed by atoms with van der Waals surface area (Å²) in [7, 11) is 0. The Morgan fingerprint density at radius 3 is 2.47 bits per heavy atom. The van der Waals surface area contributed by atoms with Crippen molar-refractivity contribution in [2.75, 3.05) is 32.7 Å². The molecule has 17 heavy (non-hydrogen) atoms. The van der Waals surface area contributed by atoms with Gasteiger partial charge in [-0.2, -0.15) is 0 Å². The van der Waals surface area contributed by atoms with E-state index in [4.69, 9.17) is 5.11 Å². The highest BCUT2D eigenvalue weighted by Gasteiger charge is 2.09. The Morgan fingerprint density at radius 2 is 1.88 bits per heavy atom. The number of rotatable bonds is 4. The highest BCUT2D eigenvalue weighted by Crippen LogP contribution is 2.06. The monoisotopic (exact) mass is 234 g/mol. The van der Waals surface area contributed by atoms with E-state index in [9.17, 15) is 4.79 Å². The van der Waals surface area contributed by atoms with Gasteiger partial charge in [0, 0.05) is 32.7 Å². The van der Waals surface area contributed by atoms with Gasteiger partial charge in [-0.1, -0.05) is 12.1 Å². The third-order valence-corrected chi connectivity index (χ3v) is 3.13. The molecule has 0 saturated carbocycles. The maximum Gasteiger partial charge on any atom is 0.335 e. The lowest BCUT2D eigenvalue weighted by atomic mass is 10.1. The van der Waals surface area contributed by atoms with Crippen LogP contribution in [0.3, 0.4) is 0 Å². The topological polar surface area (TPSA) is 52.6 Å². The number of nitrogens with one attached hydrogen (secondary N) is 1. The van der Waals surface area contributed by atoms with Crippen molar-refractivity contribution in [3.05, 3.63) is 35.4 Å².